The fourth-order valence-corrected chi connectivity index (χ4v) is 3.69. The van der Waals surface area contributed by atoms with Gasteiger partial charge in [0.15, 0.2) is 0 Å². The highest BCUT2D eigenvalue weighted by molar-refractivity contribution is 6.30. The third kappa shape index (κ3) is 8.91. The van der Waals surface area contributed by atoms with E-state index in [9.17, 15) is 9.59 Å². The fourth-order valence-electron chi connectivity index (χ4n) is 3.56. The summed E-state index contributed by atoms with van der Waals surface area (Å²) in [6, 6.07) is 14.6. The van der Waals surface area contributed by atoms with E-state index in [0.717, 1.165) is 50.0 Å². The van der Waals surface area contributed by atoms with Crippen molar-refractivity contribution in [2.24, 2.45) is 0 Å². The van der Waals surface area contributed by atoms with Crippen LogP contribution >= 0.6 is 11.6 Å². The zero-order valence-electron chi connectivity index (χ0n) is 19.1. The lowest BCUT2D eigenvalue weighted by molar-refractivity contribution is -0.140. The number of rotatable bonds is 14. The monoisotopic (exact) mass is 459 g/mol. The predicted molar refractivity (Wildman–Crippen MR) is 130 cm³/mol. The van der Waals surface area contributed by atoms with Crippen LogP contribution in [0.4, 0.5) is 5.69 Å². The Labute approximate surface area is 196 Å². The summed E-state index contributed by atoms with van der Waals surface area (Å²) in [6.45, 7) is 0.660. The first kappa shape index (κ1) is 25.7. The van der Waals surface area contributed by atoms with Crippen molar-refractivity contribution in [3.8, 4) is 5.75 Å². The summed E-state index contributed by atoms with van der Waals surface area (Å²) >= 11 is 5.98. The van der Waals surface area contributed by atoms with Crippen LogP contribution < -0.4 is 9.64 Å². The Morgan fingerprint density at radius 3 is 1.91 bits per heavy atom. The predicted octanol–water partition coefficient (Wildman–Crippen LogP) is 6.68. The van der Waals surface area contributed by atoms with E-state index >= 15 is 0 Å². The van der Waals surface area contributed by atoms with Crippen LogP contribution in [-0.4, -0.2) is 32.6 Å². The number of halogens is 1. The van der Waals surface area contributed by atoms with Crippen LogP contribution in [0.1, 0.15) is 68.1 Å². The number of methoxy groups -OCH3 is 2. The molecule has 2 aromatic carbocycles. The van der Waals surface area contributed by atoms with E-state index in [4.69, 9.17) is 16.3 Å². The molecule has 2 rings (SSSR count). The molecule has 1 amide bonds. The van der Waals surface area contributed by atoms with Crippen LogP contribution in [0, 0.1) is 0 Å². The van der Waals surface area contributed by atoms with Crippen LogP contribution in [0.5, 0.6) is 5.75 Å². The molecule has 0 heterocycles. The van der Waals surface area contributed by atoms with Gasteiger partial charge in [0.2, 0.25) is 0 Å². The Hall–Kier alpha value is -2.53. The number of benzene rings is 2. The molecule has 0 atom stereocenters. The second-order valence-electron chi connectivity index (χ2n) is 7.82. The van der Waals surface area contributed by atoms with Crippen molar-refractivity contribution >= 4 is 29.2 Å². The second kappa shape index (κ2) is 14.5. The van der Waals surface area contributed by atoms with E-state index < -0.39 is 0 Å². The van der Waals surface area contributed by atoms with Gasteiger partial charge in [0, 0.05) is 29.2 Å². The number of esters is 1. The number of amides is 1. The summed E-state index contributed by atoms with van der Waals surface area (Å²) in [5, 5.41) is 0.614. The van der Waals surface area contributed by atoms with Gasteiger partial charge in [-0.1, -0.05) is 50.1 Å². The number of anilines is 1. The summed E-state index contributed by atoms with van der Waals surface area (Å²) in [7, 11) is 3.06. The molecule has 5 nitrogen and oxygen atoms in total. The Morgan fingerprint density at radius 1 is 0.781 bits per heavy atom. The molecule has 2 aromatic rings. The molecule has 6 heteroatoms. The first-order valence-electron chi connectivity index (χ1n) is 11.3. The maximum absolute atomic E-state index is 13.2. The van der Waals surface area contributed by atoms with Gasteiger partial charge in [0.1, 0.15) is 5.75 Å². The van der Waals surface area contributed by atoms with Crippen molar-refractivity contribution < 1.29 is 19.1 Å². The smallest absolute Gasteiger partial charge is 0.305 e. The molecule has 0 aliphatic heterocycles. The lowest BCUT2D eigenvalue weighted by Crippen LogP contribution is -2.31. The Balaban J connectivity index is 1.80. The zero-order chi connectivity index (χ0) is 23.2. The highest BCUT2D eigenvalue weighted by atomic mass is 35.5. The molecule has 0 N–H and O–H groups in total. The van der Waals surface area contributed by atoms with Gasteiger partial charge in [-0.15, -0.1) is 0 Å². The normalized spacial score (nSPS) is 10.6. The van der Waals surface area contributed by atoms with Gasteiger partial charge in [0.25, 0.3) is 5.91 Å². The van der Waals surface area contributed by atoms with Crippen LogP contribution in [0.25, 0.3) is 0 Å². The molecule has 0 aliphatic carbocycles. The van der Waals surface area contributed by atoms with E-state index in [1.807, 2.05) is 29.2 Å². The van der Waals surface area contributed by atoms with E-state index in [-0.39, 0.29) is 11.9 Å². The first-order valence-corrected chi connectivity index (χ1v) is 11.7. The number of ether oxygens (including phenoxy) is 2. The van der Waals surface area contributed by atoms with Crippen LogP contribution in [0.3, 0.4) is 0 Å². The van der Waals surface area contributed by atoms with Gasteiger partial charge >= 0.3 is 5.97 Å². The van der Waals surface area contributed by atoms with E-state index in [1.165, 1.54) is 20.0 Å². The van der Waals surface area contributed by atoms with Crippen molar-refractivity contribution in [1.82, 2.24) is 0 Å². The van der Waals surface area contributed by atoms with Gasteiger partial charge in [-0.3, -0.25) is 9.59 Å². The number of nitrogens with zero attached hydrogens (tertiary/aromatic N) is 1. The summed E-state index contributed by atoms with van der Waals surface area (Å²) in [4.78, 5) is 26.1. The van der Waals surface area contributed by atoms with Gasteiger partial charge in [0.05, 0.1) is 14.2 Å². The quantitative estimate of drug-likeness (QED) is 0.233. The SMILES string of the molecule is COC(=O)CCCCCCCCCCN(C(=O)c1ccc(Cl)cc1)c1ccc(OC)cc1. The van der Waals surface area contributed by atoms with E-state index in [0.29, 0.717) is 23.6 Å². The number of unbranched alkanes of at least 4 members (excludes halogenated alkanes) is 7. The standard InChI is InChI=1S/C26H34ClNO4/c1-31-24-18-16-23(17-19-24)28(26(30)21-12-14-22(27)15-13-21)20-10-8-6-4-3-5-7-9-11-25(29)32-2/h12-19H,3-11,20H2,1-2H3. The highest BCUT2D eigenvalue weighted by Gasteiger charge is 2.17. The molecule has 0 unspecified atom stereocenters. The third-order valence-corrected chi connectivity index (χ3v) is 5.71. The topological polar surface area (TPSA) is 55.8 Å². The lowest BCUT2D eigenvalue weighted by Gasteiger charge is -2.23. The Bertz CT molecular complexity index is 821. The number of hydrogen-bond donors (Lipinski definition) is 0. The number of hydrogen-bond acceptors (Lipinski definition) is 4. The molecule has 0 radical (unpaired) electrons. The van der Waals surface area contributed by atoms with Gasteiger partial charge in [-0.05, 0) is 61.4 Å². The lowest BCUT2D eigenvalue weighted by atomic mass is 10.1. The summed E-state index contributed by atoms with van der Waals surface area (Å²) in [6.07, 6.45) is 9.12. The molecule has 0 saturated carbocycles. The van der Waals surface area contributed by atoms with E-state index in [2.05, 4.69) is 4.74 Å². The third-order valence-electron chi connectivity index (χ3n) is 5.46. The van der Waals surface area contributed by atoms with Crippen molar-refractivity contribution in [1.29, 1.82) is 0 Å². The van der Waals surface area contributed by atoms with Crippen LogP contribution in [0.15, 0.2) is 48.5 Å². The molecule has 0 fully saturated rings. The molecule has 0 aromatic heterocycles. The molecular weight excluding hydrogens is 426 g/mol. The number of carbonyl (C=O) groups excluding carboxylic acids is 2. The minimum atomic E-state index is -0.125. The Morgan fingerprint density at radius 2 is 1.34 bits per heavy atom. The average molecular weight is 460 g/mol. The Kier molecular flexibility index (Phi) is 11.7. The summed E-state index contributed by atoms with van der Waals surface area (Å²) in [5.74, 6) is 0.608. The number of carbonyl (C=O) groups is 2. The molecule has 0 aliphatic rings. The molecule has 32 heavy (non-hydrogen) atoms. The van der Waals surface area contributed by atoms with Gasteiger partial charge in [-0.25, -0.2) is 0 Å². The van der Waals surface area contributed by atoms with E-state index in [1.54, 1.807) is 31.4 Å². The molecule has 0 spiro atoms. The maximum Gasteiger partial charge on any atom is 0.305 e. The molecule has 0 bridgehead atoms. The molecular formula is C26H34ClNO4. The van der Waals surface area contributed by atoms with Gasteiger partial charge in [-0.2, -0.15) is 0 Å². The zero-order valence-corrected chi connectivity index (χ0v) is 19.9. The maximum atomic E-state index is 13.2. The van der Waals surface area contributed by atoms with Gasteiger partial charge < -0.3 is 14.4 Å². The fraction of sp³-hybridized carbons (Fsp3) is 0.462. The minimum Gasteiger partial charge on any atom is -0.497 e. The minimum absolute atomic E-state index is 0.0301. The largest absolute Gasteiger partial charge is 0.497 e. The summed E-state index contributed by atoms with van der Waals surface area (Å²) in [5.41, 5.74) is 1.48. The second-order valence-corrected chi connectivity index (χ2v) is 8.25. The average Bonchev–Trinajstić information content (AvgIpc) is 2.82. The van der Waals surface area contributed by atoms with Crippen molar-refractivity contribution in [2.75, 3.05) is 25.7 Å². The van der Waals surface area contributed by atoms with Crippen molar-refractivity contribution in [2.45, 2.75) is 57.8 Å². The van der Waals surface area contributed by atoms with Crippen LogP contribution in [0.2, 0.25) is 5.02 Å². The highest BCUT2D eigenvalue weighted by Crippen LogP contribution is 2.23. The summed E-state index contributed by atoms with van der Waals surface area (Å²) < 4.78 is 9.90. The van der Waals surface area contributed by atoms with Crippen molar-refractivity contribution in [3.05, 3.63) is 59.1 Å². The van der Waals surface area contributed by atoms with Crippen molar-refractivity contribution in [3.63, 3.8) is 0 Å². The first-order chi connectivity index (χ1) is 15.5. The van der Waals surface area contributed by atoms with Crippen LogP contribution in [-0.2, 0) is 9.53 Å². The molecule has 0 saturated heterocycles. The molecule has 174 valence electrons.